The highest BCUT2D eigenvalue weighted by Crippen LogP contribution is 2.30. The van der Waals surface area contributed by atoms with Gasteiger partial charge in [0.2, 0.25) is 0 Å². The van der Waals surface area contributed by atoms with E-state index in [1.807, 2.05) is 24.3 Å². The highest BCUT2D eigenvalue weighted by molar-refractivity contribution is 6.33. The number of hydrogen-bond donors (Lipinski definition) is 4. The van der Waals surface area contributed by atoms with Gasteiger partial charge < -0.3 is 31.2 Å². The highest BCUT2D eigenvalue weighted by atomic mass is 35.5. The molecule has 0 radical (unpaired) electrons. The maximum atomic E-state index is 6.54. The number of anilines is 2. The number of aromatic nitrogens is 2. The molecule has 2 aromatic heterocycles. The standard InChI is InChI=1S/C26H39ClN6O2/c1-18(16-34-2)31-19-6-8-20(9-7-19)32-25-14-21(22(27)15-29-25)23-4-3-5-24(33-23)30-17-26(28)10-12-35-13-11-26/h3-5,14-15,18-20,31H,6-13,16-17,28H2,1-2H3,(H,29,32)(H,30,33)/t18-,19?,20?/m0/s1. The minimum Gasteiger partial charge on any atom is -0.383 e. The molecule has 0 unspecified atom stereocenters. The molecule has 0 amide bonds. The van der Waals surface area contributed by atoms with E-state index in [4.69, 9.17) is 31.8 Å². The first-order valence-corrected chi connectivity index (χ1v) is 13.1. The molecule has 1 aliphatic carbocycles. The topological polar surface area (TPSA) is 106 Å². The molecule has 0 aromatic carbocycles. The minimum atomic E-state index is -0.266. The van der Waals surface area contributed by atoms with Crippen molar-refractivity contribution in [2.24, 2.45) is 5.73 Å². The maximum absolute atomic E-state index is 6.54. The second-order valence-electron chi connectivity index (χ2n) is 10.0. The summed E-state index contributed by atoms with van der Waals surface area (Å²) in [7, 11) is 1.75. The van der Waals surface area contributed by atoms with Gasteiger partial charge in [0, 0.05) is 62.3 Å². The zero-order valence-electron chi connectivity index (χ0n) is 20.9. The fourth-order valence-corrected chi connectivity index (χ4v) is 5.13. The summed E-state index contributed by atoms with van der Waals surface area (Å²) in [5.74, 6) is 1.62. The van der Waals surface area contributed by atoms with Crippen LogP contribution in [0.4, 0.5) is 11.6 Å². The van der Waals surface area contributed by atoms with Crippen LogP contribution in [0.5, 0.6) is 0 Å². The predicted octanol–water partition coefficient (Wildman–Crippen LogP) is 4.06. The van der Waals surface area contributed by atoms with Gasteiger partial charge in [-0.05, 0) is 63.6 Å². The number of nitrogens with zero attached hydrogens (tertiary/aromatic N) is 2. The van der Waals surface area contributed by atoms with Crippen LogP contribution in [-0.4, -0.2) is 67.1 Å². The van der Waals surface area contributed by atoms with Crippen molar-refractivity contribution < 1.29 is 9.47 Å². The van der Waals surface area contributed by atoms with Crippen LogP contribution in [0.3, 0.4) is 0 Å². The van der Waals surface area contributed by atoms with Gasteiger partial charge in [0.05, 0.1) is 17.3 Å². The summed E-state index contributed by atoms with van der Waals surface area (Å²) in [6.45, 7) is 4.98. The molecule has 35 heavy (non-hydrogen) atoms. The molecule has 0 bridgehead atoms. The molecule has 8 nitrogen and oxygen atoms in total. The molecule has 5 N–H and O–H groups in total. The maximum Gasteiger partial charge on any atom is 0.126 e. The van der Waals surface area contributed by atoms with Crippen molar-refractivity contribution in [2.45, 2.75) is 69.1 Å². The third kappa shape index (κ3) is 7.51. The number of pyridine rings is 2. The molecule has 9 heteroatoms. The summed E-state index contributed by atoms with van der Waals surface area (Å²) >= 11 is 6.54. The van der Waals surface area contributed by atoms with Crippen molar-refractivity contribution in [1.29, 1.82) is 0 Å². The third-order valence-electron chi connectivity index (χ3n) is 7.01. The second kappa shape index (κ2) is 12.3. The zero-order chi connectivity index (χ0) is 24.7. The van der Waals surface area contributed by atoms with Crippen LogP contribution >= 0.6 is 11.6 Å². The van der Waals surface area contributed by atoms with E-state index in [0.29, 0.717) is 42.9 Å². The molecular weight excluding hydrogens is 464 g/mol. The second-order valence-corrected chi connectivity index (χ2v) is 10.4. The monoisotopic (exact) mass is 502 g/mol. The molecule has 2 aromatic rings. The fourth-order valence-electron chi connectivity index (χ4n) is 4.93. The van der Waals surface area contributed by atoms with Gasteiger partial charge in [0.15, 0.2) is 0 Å². The number of nitrogens with two attached hydrogens (primary N) is 1. The van der Waals surface area contributed by atoms with E-state index < -0.39 is 0 Å². The number of ether oxygens (including phenoxy) is 2. The summed E-state index contributed by atoms with van der Waals surface area (Å²) < 4.78 is 10.7. The van der Waals surface area contributed by atoms with Crippen molar-refractivity contribution in [1.82, 2.24) is 15.3 Å². The predicted molar refractivity (Wildman–Crippen MR) is 142 cm³/mol. The third-order valence-corrected chi connectivity index (χ3v) is 7.31. The molecule has 1 atom stereocenters. The molecule has 0 spiro atoms. The number of methoxy groups -OCH3 is 1. The van der Waals surface area contributed by atoms with E-state index >= 15 is 0 Å². The lowest BCUT2D eigenvalue weighted by Crippen LogP contribution is -2.50. The Balaban J connectivity index is 1.36. The Morgan fingerprint density at radius 2 is 1.91 bits per heavy atom. The van der Waals surface area contributed by atoms with Gasteiger partial charge in [0.1, 0.15) is 11.6 Å². The SMILES string of the molecule is COC[C@H](C)NC1CCC(Nc2cc(-c3cccc(NCC4(N)CCOCC4)n3)c(Cl)cn2)CC1. The van der Waals surface area contributed by atoms with Crippen LogP contribution in [-0.2, 0) is 9.47 Å². The van der Waals surface area contributed by atoms with Crippen LogP contribution in [0.25, 0.3) is 11.3 Å². The quantitative estimate of drug-likeness (QED) is 0.385. The van der Waals surface area contributed by atoms with E-state index in [9.17, 15) is 0 Å². The van der Waals surface area contributed by atoms with Gasteiger partial charge >= 0.3 is 0 Å². The van der Waals surface area contributed by atoms with Crippen LogP contribution in [0, 0.1) is 0 Å². The van der Waals surface area contributed by atoms with Gasteiger partial charge in [-0.1, -0.05) is 17.7 Å². The van der Waals surface area contributed by atoms with E-state index in [-0.39, 0.29) is 5.54 Å². The van der Waals surface area contributed by atoms with Gasteiger partial charge in [-0.25, -0.2) is 9.97 Å². The Morgan fingerprint density at radius 3 is 2.66 bits per heavy atom. The first-order chi connectivity index (χ1) is 16.9. The van der Waals surface area contributed by atoms with E-state index in [0.717, 1.165) is 68.0 Å². The van der Waals surface area contributed by atoms with Crippen LogP contribution in [0.15, 0.2) is 30.5 Å². The van der Waals surface area contributed by atoms with Gasteiger partial charge in [0.25, 0.3) is 0 Å². The lowest BCUT2D eigenvalue weighted by atomic mass is 9.90. The minimum absolute atomic E-state index is 0.266. The first-order valence-electron chi connectivity index (χ1n) is 12.7. The first kappa shape index (κ1) is 26.1. The summed E-state index contributed by atoms with van der Waals surface area (Å²) in [4.78, 5) is 9.34. The lowest BCUT2D eigenvalue weighted by molar-refractivity contribution is 0.0574. The average molecular weight is 503 g/mol. The van der Waals surface area contributed by atoms with Crippen LogP contribution < -0.4 is 21.7 Å². The van der Waals surface area contributed by atoms with Gasteiger partial charge in [-0.2, -0.15) is 0 Å². The van der Waals surface area contributed by atoms with E-state index in [1.165, 1.54) is 0 Å². The molecule has 2 fully saturated rings. The number of hydrogen-bond acceptors (Lipinski definition) is 8. The molecule has 1 aliphatic heterocycles. The van der Waals surface area contributed by atoms with E-state index in [1.54, 1.807) is 13.3 Å². The summed E-state index contributed by atoms with van der Waals surface area (Å²) in [5, 5.41) is 11.3. The van der Waals surface area contributed by atoms with Crippen LogP contribution in [0.1, 0.15) is 45.4 Å². The molecule has 1 saturated heterocycles. The van der Waals surface area contributed by atoms with Crippen molar-refractivity contribution in [3.05, 3.63) is 35.5 Å². The van der Waals surface area contributed by atoms with Crippen molar-refractivity contribution in [3.8, 4) is 11.3 Å². The number of halogens is 1. The smallest absolute Gasteiger partial charge is 0.126 e. The largest absolute Gasteiger partial charge is 0.383 e. The van der Waals surface area contributed by atoms with Gasteiger partial charge in [-0.15, -0.1) is 0 Å². The lowest BCUT2D eigenvalue weighted by Gasteiger charge is -2.33. The normalized spacial score (nSPS) is 23.0. The Kier molecular flexibility index (Phi) is 9.19. The highest BCUT2D eigenvalue weighted by Gasteiger charge is 2.28. The van der Waals surface area contributed by atoms with Crippen molar-refractivity contribution >= 4 is 23.2 Å². The Morgan fingerprint density at radius 1 is 1.17 bits per heavy atom. The van der Waals surface area contributed by atoms with E-state index in [2.05, 4.69) is 27.9 Å². The Hall–Kier alpha value is -1.97. The molecule has 3 heterocycles. The summed E-state index contributed by atoms with van der Waals surface area (Å²) in [6.07, 6.45) is 7.86. The van der Waals surface area contributed by atoms with Crippen molar-refractivity contribution in [2.75, 3.05) is 44.1 Å². The van der Waals surface area contributed by atoms with Crippen LogP contribution in [0.2, 0.25) is 5.02 Å². The number of nitrogens with one attached hydrogen (secondary N) is 3. The fraction of sp³-hybridized carbons (Fsp3) is 0.615. The summed E-state index contributed by atoms with van der Waals surface area (Å²) in [5.41, 5.74) is 7.93. The Labute approximate surface area is 213 Å². The zero-order valence-corrected chi connectivity index (χ0v) is 21.6. The molecule has 192 valence electrons. The molecule has 1 saturated carbocycles. The number of rotatable bonds is 10. The van der Waals surface area contributed by atoms with Crippen molar-refractivity contribution in [3.63, 3.8) is 0 Å². The van der Waals surface area contributed by atoms with Gasteiger partial charge in [-0.3, -0.25) is 0 Å². The Bertz CT molecular complexity index is 947. The molecule has 4 rings (SSSR count). The average Bonchev–Trinajstić information content (AvgIpc) is 2.86. The molecular formula is C26H39ClN6O2. The summed E-state index contributed by atoms with van der Waals surface area (Å²) in [6, 6.07) is 9.23. The molecule has 2 aliphatic rings.